The van der Waals surface area contributed by atoms with Crippen LogP contribution in [-0.4, -0.2) is 222 Å². The van der Waals surface area contributed by atoms with E-state index in [9.17, 15) is 70.9 Å². The van der Waals surface area contributed by atoms with Gasteiger partial charge in [-0.1, -0.05) is 0 Å². The van der Waals surface area contributed by atoms with Gasteiger partial charge in [0.1, 0.15) is 97.5 Å². The van der Waals surface area contributed by atoms with E-state index >= 15 is 0 Å². The number of nitrogens with one attached hydrogen (secondary N) is 2. The van der Waals surface area contributed by atoms with Gasteiger partial charge in [0.2, 0.25) is 11.8 Å². The number of hydrogen-bond acceptors (Lipinski definition) is 21. The Morgan fingerprint density at radius 1 is 0.471 bits per heavy atom. The second-order valence-corrected chi connectivity index (χ2v) is 12.6. The molecule has 4 aliphatic rings. The Morgan fingerprint density at radius 2 is 0.843 bits per heavy atom. The van der Waals surface area contributed by atoms with Crippen LogP contribution in [0, 0.1) is 0 Å². The highest BCUT2D eigenvalue weighted by atomic mass is 16.8. The summed E-state index contributed by atoms with van der Waals surface area (Å²) in [5, 5.41) is 130. The van der Waals surface area contributed by atoms with Crippen molar-refractivity contribution < 1.29 is 104 Å². The Kier molecular flexibility index (Phi) is 14.8. The second kappa shape index (κ2) is 18.0. The second-order valence-electron chi connectivity index (χ2n) is 12.6. The van der Waals surface area contributed by atoms with E-state index in [1.807, 2.05) is 0 Å². The fourth-order valence-electron chi connectivity index (χ4n) is 6.34. The topological polar surface area (TPSA) is 366 Å². The molecule has 4 heterocycles. The Balaban J connectivity index is 1.63. The summed E-state index contributed by atoms with van der Waals surface area (Å²) in [5.74, 6) is -1.47. The third-order valence-corrected chi connectivity index (χ3v) is 9.01. The molecule has 23 heteroatoms. The van der Waals surface area contributed by atoms with Crippen LogP contribution in [0.1, 0.15) is 13.8 Å². The monoisotopic (exact) mass is 748 g/mol. The van der Waals surface area contributed by atoms with E-state index < -0.39 is 161 Å². The Bertz CT molecular complexity index is 1140. The number of hydrogen-bond donors (Lipinski definition) is 14. The predicted octanol–water partition coefficient (Wildman–Crippen LogP) is -9.46. The summed E-state index contributed by atoms with van der Waals surface area (Å²) in [5.41, 5.74) is 0. The minimum atomic E-state index is -2.06. The van der Waals surface area contributed by atoms with Gasteiger partial charge in [-0.15, -0.1) is 0 Å². The van der Waals surface area contributed by atoms with Crippen molar-refractivity contribution >= 4 is 11.8 Å². The molecule has 23 nitrogen and oxygen atoms in total. The number of aliphatic hydroxyl groups excluding tert-OH is 12. The van der Waals surface area contributed by atoms with Crippen LogP contribution in [0.3, 0.4) is 0 Å². The molecule has 0 aliphatic carbocycles. The molecule has 0 radical (unpaired) electrons. The van der Waals surface area contributed by atoms with Crippen LogP contribution >= 0.6 is 0 Å². The van der Waals surface area contributed by atoms with Gasteiger partial charge in [0.15, 0.2) is 25.2 Å². The molecule has 0 bridgehead atoms. The summed E-state index contributed by atoms with van der Waals surface area (Å²) >= 11 is 0. The van der Waals surface area contributed by atoms with Crippen LogP contribution in [0.25, 0.3) is 0 Å². The highest BCUT2D eigenvalue weighted by Gasteiger charge is 2.56. The predicted molar refractivity (Wildman–Crippen MR) is 157 cm³/mol. The summed E-state index contributed by atoms with van der Waals surface area (Å²) in [6.45, 7) is -1.32. The van der Waals surface area contributed by atoms with Crippen LogP contribution in [0.15, 0.2) is 0 Å². The smallest absolute Gasteiger partial charge is 0.217 e. The first-order valence-electron chi connectivity index (χ1n) is 16.1. The number of carbonyl (C=O) groups is 2. The zero-order valence-electron chi connectivity index (χ0n) is 27.4. The van der Waals surface area contributed by atoms with Gasteiger partial charge in [0.05, 0.1) is 26.4 Å². The summed E-state index contributed by atoms with van der Waals surface area (Å²) in [4.78, 5) is 24.2. The van der Waals surface area contributed by atoms with Crippen molar-refractivity contribution in [2.45, 2.75) is 137 Å². The number of rotatable bonds is 12. The number of aliphatic hydroxyl groups is 12. The van der Waals surface area contributed by atoms with E-state index in [2.05, 4.69) is 10.6 Å². The summed E-state index contributed by atoms with van der Waals surface area (Å²) in [6.07, 6.45) is -31.9. The fraction of sp³-hybridized carbons (Fsp3) is 0.929. The molecular weight excluding hydrogens is 700 g/mol. The van der Waals surface area contributed by atoms with Crippen LogP contribution in [0.5, 0.6) is 0 Å². The molecule has 20 atom stereocenters. The number of carbonyl (C=O) groups excluding carboxylic acids is 2. The maximum Gasteiger partial charge on any atom is 0.217 e. The van der Waals surface area contributed by atoms with Crippen molar-refractivity contribution in [1.29, 1.82) is 0 Å². The van der Waals surface area contributed by atoms with Gasteiger partial charge >= 0.3 is 0 Å². The maximum absolute atomic E-state index is 12.3. The van der Waals surface area contributed by atoms with E-state index in [1.165, 1.54) is 0 Å². The van der Waals surface area contributed by atoms with E-state index in [1.54, 1.807) is 0 Å². The first-order valence-corrected chi connectivity index (χ1v) is 16.1. The lowest BCUT2D eigenvalue weighted by molar-refractivity contribution is -0.375. The molecular formula is C28H48N2O21. The third-order valence-electron chi connectivity index (χ3n) is 9.01. The first kappa shape index (κ1) is 41.9. The van der Waals surface area contributed by atoms with Gasteiger partial charge in [0, 0.05) is 13.8 Å². The van der Waals surface area contributed by atoms with E-state index in [0.717, 1.165) is 13.8 Å². The van der Waals surface area contributed by atoms with Gasteiger partial charge in [-0.25, -0.2) is 0 Å². The van der Waals surface area contributed by atoms with Crippen molar-refractivity contribution in [2.24, 2.45) is 0 Å². The van der Waals surface area contributed by atoms with Gasteiger partial charge in [0.25, 0.3) is 0 Å². The van der Waals surface area contributed by atoms with E-state index in [0.29, 0.717) is 0 Å². The molecule has 2 amide bonds. The lowest BCUT2D eigenvalue weighted by Crippen LogP contribution is -2.70. The van der Waals surface area contributed by atoms with Gasteiger partial charge in [-0.3, -0.25) is 9.59 Å². The number of ether oxygens (including phenoxy) is 7. The minimum absolute atomic E-state index is 0.694. The molecule has 4 aliphatic heterocycles. The van der Waals surface area contributed by atoms with Crippen LogP contribution in [-0.2, 0) is 42.7 Å². The largest absolute Gasteiger partial charge is 0.394 e. The zero-order chi connectivity index (χ0) is 37.9. The fourth-order valence-corrected chi connectivity index (χ4v) is 6.34. The molecule has 4 fully saturated rings. The lowest BCUT2D eigenvalue weighted by atomic mass is 9.94. The van der Waals surface area contributed by atoms with Crippen LogP contribution in [0.2, 0.25) is 0 Å². The standard InChI is InChI=1S/C28H48N2O21/c1-7(35)29-13-22(16(38)10(4-32)45-25(13)44)49-28-21(43)24(18(40)12(6-34)48-28)51-26-14(30-8(2)36)23(17(39)11(5-33)46-26)50-27-20(42)19(41)15(37)9(3-31)47-27/h9-28,31-34,37-44H,3-6H2,1-2H3,(H,29,35)(H,30,36)/t9-,10-,11-,12-,13-,14-,15+,16+,17-,18+,19+,20-,21-,22-,23-,24+,25?,26+,27+,28-/m1/s1. The van der Waals surface area contributed by atoms with Crippen LogP contribution in [0.4, 0.5) is 0 Å². The van der Waals surface area contributed by atoms with Crippen molar-refractivity contribution in [3.63, 3.8) is 0 Å². The van der Waals surface area contributed by atoms with Gasteiger partial charge in [-0.05, 0) is 0 Å². The molecule has 0 spiro atoms. The lowest BCUT2D eigenvalue weighted by Gasteiger charge is -2.50. The molecule has 4 rings (SSSR count). The molecule has 0 aromatic rings. The van der Waals surface area contributed by atoms with Crippen molar-refractivity contribution in [3.8, 4) is 0 Å². The van der Waals surface area contributed by atoms with Crippen molar-refractivity contribution in [1.82, 2.24) is 10.6 Å². The SMILES string of the molecule is CC(=O)N[C@H]1[C@H](O[C@H]2[C@@H](O)[C@@H](CO)O[C@H](O[C@H]3[C@@H](O)[C@@H](CO)OC(O)[C@@H]3NC(C)=O)[C@@H]2O)O[C@H](CO)[C@@H](O)[C@@H]1O[C@@H]1O[C@H](CO)[C@H](O)[C@H](O)[C@H]1O. The Labute approximate surface area is 289 Å². The summed E-state index contributed by atoms with van der Waals surface area (Å²) < 4.78 is 39.2. The quantitative estimate of drug-likeness (QED) is 0.0881. The molecule has 0 aromatic heterocycles. The molecule has 14 N–H and O–H groups in total. The molecule has 51 heavy (non-hydrogen) atoms. The summed E-state index contributed by atoms with van der Waals surface area (Å²) in [7, 11) is 0. The number of amides is 2. The van der Waals surface area contributed by atoms with Gasteiger partial charge < -0.3 is 105 Å². The Morgan fingerprint density at radius 3 is 1.33 bits per heavy atom. The summed E-state index contributed by atoms with van der Waals surface area (Å²) in [6, 6.07) is -3.11. The van der Waals surface area contributed by atoms with E-state index in [-0.39, 0.29) is 0 Å². The van der Waals surface area contributed by atoms with E-state index in [4.69, 9.17) is 33.2 Å². The highest BCUT2D eigenvalue weighted by Crippen LogP contribution is 2.34. The van der Waals surface area contributed by atoms with Crippen molar-refractivity contribution in [2.75, 3.05) is 26.4 Å². The molecule has 0 saturated carbocycles. The maximum atomic E-state index is 12.3. The Hall–Kier alpha value is -1.82. The van der Waals surface area contributed by atoms with Crippen LogP contribution < -0.4 is 10.6 Å². The molecule has 0 aromatic carbocycles. The molecule has 296 valence electrons. The normalized spacial score (nSPS) is 47.8. The van der Waals surface area contributed by atoms with Crippen molar-refractivity contribution in [3.05, 3.63) is 0 Å². The van der Waals surface area contributed by atoms with Gasteiger partial charge in [-0.2, -0.15) is 0 Å². The zero-order valence-corrected chi connectivity index (χ0v) is 27.4. The molecule has 1 unspecified atom stereocenters. The highest BCUT2D eigenvalue weighted by molar-refractivity contribution is 5.73. The average molecular weight is 749 g/mol. The average Bonchev–Trinajstić information content (AvgIpc) is 3.08. The minimum Gasteiger partial charge on any atom is -0.394 e. The third kappa shape index (κ3) is 9.11. The first-order chi connectivity index (χ1) is 24.1. The molecule has 4 saturated heterocycles.